The standard InChI is InChI=1S/C14H26N2O3/c1-9(2)11(17)8-15-14(19)13(10(3)4)16-7-5-6-12(16)18/h9-11,13,17H,5-8H2,1-4H3,(H,15,19). The molecular weight excluding hydrogens is 244 g/mol. The largest absolute Gasteiger partial charge is 0.391 e. The number of aliphatic hydroxyl groups excluding tert-OH is 1. The van der Waals surface area contributed by atoms with Crippen LogP contribution in [0.3, 0.4) is 0 Å². The number of carbonyl (C=O) groups excluding carboxylic acids is 2. The number of nitrogens with one attached hydrogen (secondary N) is 1. The van der Waals surface area contributed by atoms with Gasteiger partial charge in [0.15, 0.2) is 0 Å². The normalized spacial score (nSPS) is 19.1. The second-order valence-corrected chi connectivity index (χ2v) is 5.94. The zero-order chi connectivity index (χ0) is 14.6. The van der Waals surface area contributed by atoms with E-state index in [0.717, 1.165) is 6.42 Å². The Morgan fingerprint density at radius 1 is 1.32 bits per heavy atom. The van der Waals surface area contributed by atoms with Gasteiger partial charge in [0.1, 0.15) is 6.04 Å². The molecule has 1 saturated heterocycles. The molecule has 1 heterocycles. The lowest BCUT2D eigenvalue weighted by molar-refractivity contribution is -0.139. The fourth-order valence-electron chi connectivity index (χ4n) is 2.31. The Morgan fingerprint density at radius 2 is 1.95 bits per heavy atom. The summed E-state index contributed by atoms with van der Waals surface area (Å²) < 4.78 is 0. The number of carbonyl (C=O) groups is 2. The van der Waals surface area contributed by atoms with Crippen molar-refractivity contribution >= 4 is 11.8 Å². The SMILES string of the molecule is CC(C)C(O)CNC(=O)C(C(C)C)N1CCCC1=O. The summed E-state index contributed by atoms with van der Waals surface area (Å²) in [6.45, 7) is 8.58. The lowest BCUT2D eigenvalue weighted by atomic mass is 10.0. The molecule has 1 aliphatic heterocycles. The first kappa shape index (κ1) is 16.0. The minimum absolute atomic E-state index is 0.0539. The molecule has 0 aliphatic carbocycles. The van der Waals surface area contributed by atoms with E-state index in [2.05, 4.69) is 5.32 Å². The summed E-state index contributed by atoms with van der Waals surface area (Å²) in [5.41, 5.74) is 0. The molecule has 2 N–H and O–H groups in total. The van der Waals surface area contributed by atoms with Crippen molar-refractivity contribution in [2.75, 3.05) is 13.1 Å². The van der Waals surface area contributed by atoms with Crippen LogP contribution in [0.25, 0.3) is 0 Å². The van der Waals surface area contributed by atoms with Gasteiger partial charge in [0, 0.05) is 19.5 Å². The number of rotatable bonds is 6. The van der Waals surface area contributed by atoms with Gasteiger partial charge in [-0.2, -0.15) is 0 Å². The quantitative estimate of drug-likeness (QED) is 0.749. The first-order valence-electron chi connectivity index (χ1n) is 7.09. The fraction of sp³-hybridized carbons (Fsp3) is 0.857. The van der Waals surface area contributed by atoms with Crippen molar-refractivity contribution in [3.8, 4) is 0 Å². The number of nitrogens with zero attached hydrogens (tertiary/aromatic N) is 1. The number of likely N-dealkylation sites (tertiary alicyclic amines) is 1. The lowest BCUT2D eigenvalue weighted by Crippen LogP contribution is -2.51. The molecule has 0 bridgehead atoms. The van der Waals surface area contributed by atoms with Gasteiger partial charge in [-0.05, 0) is 18.3 Å². The maximum absolute atomic E-state index is 12.2. The smallest absolute Gasteiger partial charge is 0.243 e. The van der Waals surface area contributed by atoms with Gasteiger partial charge in [-0.1, -0.05) is 27.7 Å². The van der Waals surface area contributed by atoms with Crippen LogP contribution in [-0.4, -0.2) is 47.1 Å². The summed E-state index contributed by atoms with van der Waals surface area (Å²) in [6, 6.07) is -0.422. The van der Waals surface area contributed by atoms with E-state index in [9.17, 15) is 14.7 Å². The molecule has 5 nitrogen and oxygen atoms in total. The number of hydrogen-bond acceptors (Lipinski definition) is 3. The second kappa shape index (κ2) is 6.89. The fourth-order valence-corrected chi connectivity index (χ4v) is 2.31. The van der Waals surface area contributed by atoms with E-state index in [1.807, 2.05) is 27.7 Å². The Labute approximate surface area is 115 Å². The molecule has 0 radical (unpaired) electrons. The van der Waals surface area contributed by atoms with Crippen molar-refractivity contribution in [3.05, 3.63) is 0 Å². The maximum atomic E-state index is 12.2. The van der Waals surface area contributed by atoms with E-state index in [0.29, 0.717) is 13.0 Å². The Kier molecular flexibility index (Phi) is 5.79. The third kappa shape index (κ3) is 4.20. The molecule has 1 rings (SSSR count). The third-order valence-corrected chi connectivity index (χ3v) is 3.60. The monoisotopic (exact) mass is 270 g/mol. The van der Waals surface area contributed by atoms with E-state index in [-0.39, 0.29) is 30.2 Å². The molecule has 0 saturated carbocycles. The topological polar surface area (TPSA) is 69.6 Å². The molecule has 110 valence electrons. The van der Waals surface area contributed by atoms with Crippen molar-refractivity contribution in [3.63, 3.8) is 0 Å². The van der Waals surface area contributed by atoms with Gasteiger partial charge < -0.3 is 15.3 Å². The zero-order valence-corrected chi connectivity index (χ0v) is 12.3. The molecule has 0 aromatic rings. The summed E-state index contributed by atoms with van der Waals surface area (Å²) in [4.78, 5) is 25.7. The highest BCUT2D eigenvalue weighted by atomic mass is 16.3. The average Bonchev–Trinajstić information content (AvgIpc) is 2.72. The number of aliphatic hydroxyl groups is 1. The summed E-state index contributed by atoms with van der Waals surface area (Å²) in [5.74, 6) is 0.0627. The van der Waals surface area contributed by atoms with Gasteiger partial charge >= 0.3 is 0 Å². The molecule has 2 unspecified atom stereocenters. The van der Waals surface area contributed by atoms with Gasteiger partial charge in [0.25, 0.3) is 0 Å². The molecule has 0 aromatic heterocycles. The Bertz CT molecular complexity index is 329. The predicted molar refractivity (Wildman–Crippen MR) is 73.4 cm³/mol. The van der Waals surface area contributed by atoms with Crippen molar-refractivity contribution in [1.82, 2.24) is 10.2 Å². The first-order valence-corrected chi connectivity index (χ1v) is 7.09. The Hall–Kier alpha value is -1.10. The summed E-state index contributed by atoms with van der Waals surface area (Å²) in [7, 11) is 0. The average molecular weight is 270 g/mol. The van der Waals surface area contributed by atoms with Crippen LogP contribution in [0.4, 0.5) is 0 Å². The summed E-state index contributed by atoms with van der Waals surface area (Å²) in [5, 5.41) is 12.5. The van der Waals surface area contributed by atoms with E-state index in [4.69, 9.17) is 0 Å². The van der Waals surface area contributed by atoms with Crippen molar-refractivity contribution < 1.29 is 14.7 Å². The van der Waals surface area contributed by atoms with Crippen LogP contribution in [0.5, 0.6) is 0 Å². The van der Waals surface area contributed by atoms with Crippen LogP contribution in [0, 0.1) is 11.8 Å². The molecule has 0 spiro atoms. The van der Waals surface area contributed by atoms with Crippen LogP contribution in [0.1, 0.15) is 40.5 Å². The Balaban J connectivity index is 2.61. The van der Waals surface area contributed by atoms with Crippen LogP contribution in [0.15, 0.2) is 0 Å². The van der Waals surface area contributed by atoms with E-state index in [1.165, 1.54) is 0 Å². The molecule has 2 amide bonds. The van der Waals surface area contributed by atoms with Crippen molar-refractivity contribution in [2.45, 2.75) is 52.7 Å². The van der Waals surface area contributed by atoms with Gasteiger partial charge in [0.2, 0.25) is 11.8 Å². The molecule has 1 fully saturated rings. The maximum Gasteiger partial charge on any atom is 0.243 e. The number of amides is 2. The van der Waals surface area contributed by atoms with Crippen LogP contribution in [0.2, 0.25) is 0 Å². The molecule has 19 heavy (non-hydrogen) atoms. The van der Waals surface area contributed by atoms with E-state index >= 15 is 0 Å². The van der Waals surface area contributed by atoms with Gasteiger partial charge in [-0.15, -0.1) is 0 Å². The first-order chi connectivity index (χ1) is 8.84. The lowest BCUT2D eigenvalue weighted by Gasteiger charge is -2.30. The second-order valence-electron chi connectivity index (χ2n) is 5.94. The van der Waals surface area contributed by atoms with Crippen LogP contribution < -0.4 is 5.32 Å². The van der Waals surface area contributed by atoms with Crippen LogP contribution >= 0.6 is 0 Å². The van der Waals surface area contributed by atoms with Crippen molar-refractivity contribution in [2.24, 2.45) is 11.8 Å². The molecule has 1 aliphatic rings. The van der Waals surface area contributed by atoms with E-state index in [1.54, 1.807) is 4.90 Å². The highest BCUT2D eigenvalue weighted by Crippen LogP contribution is 2.19. The molecule has 0 aromatic carbocycles. The minimum Gasteiger partial charge on any atom is -0.391 e. The molecular formula is C14H26N2O3. The number of hydrogen-bond donors (Lipinski definition) is 2. The highest BCUT2D eigenvalue weighted by molar-refractivity contribution is 5.88. The van der Waals surface area contributed by atoms with Gasteiger partial charge in [-0.25, -0.2) is 0 Å². The van der Waals surface area contributed by atoms with Crippen LogP contribution in [-0.2, 0) is 9.59 Å². The predicted octanol–water partition coefficient (Wildman–Crippen LogP) is 0.766. The minimum atomic E-state index is -0.550. The Morgan fingerprint density at radius 3 is 2.37 bits per heavy atom. The summed E-state index contributed by atoms with van der Waals surface area (Å²) in [6.07, 6.45) is 0.806. The van der Waals surface area contributed by atoms with E-state index < -0.39 is 12.1 Å². The summed E-state index contributed by atoms with van der Waals surface area (Å²) >= 11 is 0. The third-order valence-electron chi connectivity index (χ3n) is 3.60. The van der Waals surface area contributed by atoms with Gasteiger partial charge in [-0.3, -0.25) is 9.59 Å². The molecule has 2 atom stereocenters. The molecule has 5 heteroatoms. The van der Waals surface area contributed by atoms with Gasteiger partial charge in [0.05, 0.1) is 6.10 Å². The zero-order valence-electron chi connectivity index (χ0n) is 12.3. The highest BCUT2D eigenvalue weighted by Gasteiger charge is 2.34. The van der Waals surface area contributed by atoms with Crippen molar-refractivity contribution in [1.29, 1.82) is 0 Å².